The van der Waals surface area contributed by atoms with Gasteiger partial charge >= 0.3 is 17.9 Å². The number of amides is 1. The van der Waals surface area contributed by atoms with Crippen LogP contribution in [0.1, 0.15) is 86.5 Å². The highest BCUT2D eigenvalue weighted by Crippen LogP contribution is 2.28. The number of hydrogen-bond donors (Lipinski definition) is 8. The van der Waals surface area contributed by atoms with Crippen LogP contribution in [-0.4, -0.2) is 66.1 Å². The molecule has 12 heteroatoms. The van der Waals surface area contributed by atoms with E-state index in [9.17, 15) is 34.5 Å². The summed E-state index contributed by atoms with van der Waals surface area (Å²) in [6.07, 6.45) is 0. The molecular weight excluding hydrogens is 771 g/mol. The molecule has 8 aromatic rings. The van der Waals surface area contributed by atoms with Gasteiger partial charge in [0.1, 0.15) is 0 Å². The van der Waals surface area contributed by atoms with Crippen molar-refractivity contribution in [1.82, 2.24) is 25.3 Å². The lowest BCUT2D eigenvalue weighted by atomic mass is 10.0. The Morgan fingerprint density at radius 2 is 0.590 bits per heavy atom. The maximum atomic E-state index is 12.5. The molecule has 0 saturated heterocycles. The van der Waals surface area contributed by atoms with Crippen LogP contribution in [0.2, 0.25) is 0 Å². The number of H-pyrrole nitrogens is 4. The van der Waals surface area contributed by atoms with Crippen LogP contribution >= 0.6 is 0 Å². The van der Waals surface area contributed by atoms with E-state index < -0.39 is 17.9 Å². The van der Waals surface area contributed by atoms with Gasteiger partial charge in [-0.15, -0.1) is 0 Å². The van der Waals surface area contributed by atoms with E-state index in [0.717, 1.165) is 77.7 Å². The van der Waals surface area contributed by atoms with E-state index in [0.29, 0.717) is 16.6 Å². The van der Waals surface area contributed by atoms with Gasteiger partial charge in [0.15, 0.2) is 0 Å². The molecule has 298 valence electrons. The molecule has 9 rings (SSSR count). The summed E-state index contributed by atoms with van der Waals surface area (Å²) in [5, 5.41) is 34.7. The molecule has 1 aliphatic rings. The smallest absolute Gasteiger partial charge is 0.335 e. The molecule has 5 heterocycles. The van der Waals surface area contributed by atoms with Gasteiger partial charge in [-0.2, -0.15) is 0 Å². The summed E-state index contributed by atoms with van der Waals surface area (Å²) in [6.45, 7) is 0. The zero-order valence-electron chi connectivity index (χ0n) is 32.3. The quantitative estimate of drug-likeness (QED) is 0.108. The Kier molecular flexibility index (Phi) is 9.49. The first-order valence-corrected chi connectivity index (χ1v) is 19.2. The average molecular weight is 806 g/mol. The van der Waals surface area contributed by atoms with Gasteiger partial charge in [-0.05, 0) is 119 Å². The fourth-order valence-corrected chi connectivity index (χ4v) is 7.84. The predicted molar refractivity (Wildman–Crippen MR) is 228 cm³/mol. The third-order valence-electron chi connectivity index (χ3n) is 10.8. The van der Waals surface area contributed by atoms with E-state index in [1.807, 2.05) is 60.7 Å². The van der Waals surface area contributed by atoms with E-state index in [2.05, 4.69) is 25.3 Å². The zero-order chi connectivity index (χ0) is 42.4. The predicted octanol–water partition coefficient (Wildman–Crippen LogP) is 4.76. The summed E-state index contributed by atoms with van der Waals surface area (Å²) in [7, 11) is 1.58. The lowest BCUT2D eigenvalue weighted by molar-refractivity contribution is 0.0686. The number of fused-ring (bicyclic) bond motifs is 8. The van der Waals surface area contributed by atoms with E-state index in [4.69, 9.17) is 0 Å². The van der Waals surface area contributed by atoms with E-state index in [1.54, 1.807) is 92.0 Å². The number of benzene rings is 4. The number of rotatable bonds is 8. The van der Waals surface area contributed by atoms with Crippen molar-refractivity contribution in [1.29, 1.82) is 0 Å². The maximum absolute atomic E-state index is 12.5. The van der Waals surface area contributed by atoms with Crippen molar-refractivity contribution in [3.8, 4) is 0 Å². The van der Waals surface area contributed by atoms with Crippen LogP contribution in [0.4, 0.5) is 0 Å². The molecule has 4 aromatic carbocycles. The number of aromatic carboxylic acids is 3. The minimum Gasteiger partial charge on any atom is -0.478 e. The third kappa shape index (κ3) is 7.04. The summed E-state index contributed by atoms with van der Waals surface area (Å²) < 4.78 is 0. The standard InChI is InChI=1S/C49H35N5O7/c1-50-46(55)30-10-2-26(3-11-30)42-34-18-20-36(51-34)43(27-4-12-31(13-5-27)47(56)57)38-22-24-40(53-38)45(29-8-16-33(17-9-29)49(60)61)41-25-23-39(54-41)44(37-21-19-35(42)52-37)28-6-14-32(15-7-28)48(58)59/h2-25,51-54H,1H3,(H,50,55)(H,56,57)(H,58,59)(H,60,61). The summed E-state index contributed by atoms with van der Waals surface area (Å²) in [5.41, 5.74) is 9.94. The number of aromatic nitrogens is 4. The summed E-state index contributed by atoms with van der Waals surface area (Å²) in [5.74, 6) is -3.34. The van der Waals surface area contributed by atoms with Crippen LogP contribution in [0.25, 0.3) is 22.3 Å². The van der Waals surface area contributed by atoms with E-state index in [1.165, 1.54) is 0 Å². The fourth-order valence-electron chi connectivity index (χ4n) is 7.84. The van der Waals surface area contributed by atoms with Crippen molar-refractivity contribution in [2.45, 2.75) is 0 Å². The zero-order valence-corrected chi connectivity index (χ0v) is 32.3. The largest absolute Gasteiger partial charge is 0.478 e. The number of nitrogens with one attached hydrogen (secondary N) is 5. The summed E-state index contributed by atoms with van der Waals surface area (Å²) >= 11 is 0. The lowest BCUT2D eigenvalue weighted by Crippen LogP contribution is -2.19. The molecule has 1 amide bonds. The molecule has 0 aliphatic carbocycles. The van der Waals surface area contributed by atoms with Crippen LogP contribution in [0.3, 0.4) is 0 Å². The normalized spacial score (nSPS) is 12.3. The number of carboxylic acid groups (broad SMARTS) is 3. The van der Waals surface area contributed by atoms with Gasteiger partial charge < -0.3 is 40.6 Å². The van der Waals surface area contributed by atoms with Crippen LogP contribution in [0, 0.1) is 0 Å². The topological polar surface area (TPSA) is 204 Å². The van der Waals surface area contributed by atoms with Crippen molar-refractivity contribution in [3.05, 3.63) is 234 Å². The summed E-state index contributed by atoms with van der Waals surface area (Å²) in [4.78, 5) is 62.7. The molecular formula is C49H35N5O7. The van der Waals surface area contributed by atoms with Crippen LogP contribution in [0.5, 0.6) is 0 Å². The Balaban J connectivity index is 1.39. The van der Waals surface area contributed by atoms with E-state index in [-0.39, 0.29) is 22.6 Å². The lowest BCUT2D eigenvalue weighted by Gasteiger charge is -2.10. The van der Waals surface area contributed by atoms with Gasteiger partial charge in [0.05, 0.1) is 16.7 Å². The van der Waals surface area contributed by atoms with Crippen molar-refractivity contribution in [2.75, 3.05) is 7.05 Å². The van der Waals surface area contributed by atoms with E-state index >= 15 is 0 Å². The van der Waals surface area contributed by atoms with Gasteiger partial charge in [0, 0.05) is 79.1 Å². The molecule has 1 aliphatic heterocycles. The van der Waals surface area contributed by atoms with Gasteiger partial charge in [-0.3, -0.25) is 4.79 Å². The molecule has 4 aromatic heterocycles. The average Bonchev–Trinajstić information content (AvgIpc) is 4.12. The van der Waals surface area contributed by atoms with Gasteiger partial charge in [-0.1, -0.05) is 48.5 Å². The van der Waals surface area contributed by atoms with Crippen molar-refractivity contribution >= 4 is 46.1 Å². The summed E-state index contributed by atoms with van der Waals surface area (Å²) in [6, 6.07) is 42.9. The fraction of sp³-hybridized carbons (Fsp3) is 0.0204. The Bertz CT molecular complexity index is 3310. The number of aromatic amines is 4. The molecule has 0 radical (unpaired) electrons. The highest BCUT2D eigenvalue weighted by molar-refractivity contribution is 5.95. The van der Waals surface area contributed by atoms with Crippen LogP contribution in [-0.2, 0) is 0 Å². The first kappa shape index (κ1) is 37.9. The number of carbonyl (C=O) groups is 4. The SMILES string of the molecule is CNC(=O)c1ccc(C2=c3ccc([nH]3)=C(c3ccc(C(=O)O)cc3)c3ccc([nH]3)C(c3ccc(C(=O)O)cc3)=c3ccc([nH]3)=C(c3ccc(C(=O)O)cc3)c3ccc2[nH]3)cc1. The molecule has 0 spiro atoms. The molecule has 12 nitrogen and oxygen atoms in total. The second-order valence-electron chi connectivity index (χ2n) is 14.4. The van der Waals surface area contributed by atoms with Gasteiger partial charge in [0.2, 0.25) is 0 Å². The van der Waals surface area contributed by atoms with Crippen LogP contribution < -0.4 is 26.7 Å². The molecule has 0 fully saturated rings. The van der Waals surface area contributed by atoms with Crippen molar-refractivity contribution in [3.63, 3.8) is 0 Å². The number of carbonyl (C=O) groups excluding carboxylic acids is 1. The molecule has 61 heavy (non-hydrogen) atoms. The highest BCUT2D eigenvalue weighted by Gasteiger charge is 2.20. The Morgan fingerprint density at radius 3 is 0.820 bits per heavy atom. The maximum Gasteiger partial charge on any atom is 0.335 e. The monoisotopic (exact) mass is 805 g/mol. The molecule has 8 bridgehead atoms. The highest BCUT2D eigenvalue weighted by atomic mass is 16.4. The van der Waals surface area contributed by atoms with Crippen molar-refractivity contribution < 1.29 is 34.5 Å². The molecule has 0 atom stereocenters. The Morgan fingerprint density at radius 1 is 0.344 bits per heavy atom. The second-order valence-corrected chi connectivity index (χ2v) is 14.4. The first-order valence-electron chi connectivity index (χ1n) is 19.2. The third-order valence-corrected chi connectivity index (χ3v) is 10.8. The molecule has 0 unspecified atom stereocenters. The Labute approximate surface area is 346 Å². The number of hydrogen-bond acceptors (Lipinski definition) is 4. The molecule has 0 saturated carbocycles. The van der Waals surface area contributed by atoms with Crippen LogP contribution in [0.15, 0.2) is 146 Å². The second kappa shape index (κ2) is 15.3. The number of carboxylic acids is 3. The van der Waals surface area contributed by atoms with Crippen molar-refractivity contribution in [2.24, 2.45) is 0 Å². The molecule has 8 N–H and O–H groups in total. The minimum absolute atomic E-state index is 0.140. The Hall–Kier alpha value is -8.64. The minimum atomic E-state index is -1.04. The van der Waals surface area contributed by atoms with Gasteiger partial charge in [-0.25, -0.2) is 14.4 Å². The van der Waals surface area contributed by atoms with Gasteiger partial charge in [0.25, 0.3) is 5.91 Å². The first-order chi connectivity index (χ1) is 29.6.